The molecule has 0 atom stereocenters. The van der Waals surface area contributed by atoms with Crippen LogP contribution in [-0.4, -0.2) is 11.1 Å². The van der Waals surface area contributed by atoms with E-state index in [0.717, 1.165) is 20.3 Å². The number of nitro groups is 1. The van der Waals surface area contributed by atoms with Gasteiger partial charge in [-0.25, -0.2) is 0 Å². The van der Waals surface area contributed by atoms with E-state index in [1.165, 1.54) is 12.1 Å². The summed E-state index contributed by atoms with van der Waals surface area (Å²) in [5, 5.41) is 23.9. The predicted molar refractivity (Wildman–Crippen MR) is 120 cm³/mol. The number of benzene rings is 3. The van der Waals surface area contributed by atoms with Crippen molar-refractivity contribution in [2.75, 3.05) is 0 Å². The Labute approximate surface area is 186 Å². The van der Waals surface area contributed by atoms with Gasteiger partial charge in [-0.1, -0.05) is 35.5 Å². The van der Waals surface area contributed by atoms with E-state index in [9.17, 15) is 10.1 Å². The third-order valence-electron chi connectivity index (χ3n) is 4.11. The zero-order chi connectivity index (χ0) is 21.3. The molecule has 0 spiro atoms. The summed E-state index contributed by atoms with van der Waals surface area (Å²) in [6.45, 7) is 0.439. The molecule has 0 aliphatic rings. The standard InChI is InChI=1S/C22H16IN3O4/c23-21-11-16(13-25-30-15-19-6-2-1-5-18(19)12-24)8-9-22(21)29-14-17-4-3-7-20(10-17)26(27)28/h1-11,13H,14-15H2/b25-13-. The van der Waals surface area contributed by atoms with E-state index in [0.29, 0.717) is 11.3 Å². The highest BCUT2D eigenvalue weighted by Crippen LogP contribution is 2.23. The summed E-state index contributed by atoms with van der Waals surface area (Å²) >= 11 is 2.15. The molecule has 150 valence electrons. The zero-order valence-corrected chi connectivity index (χ0v) is 17.9. The topological polar surface area (TPSA) is 97.8 Å². The van der Waals surface area contributed by atoms with Crippen molar-refractivity contribution in [2.24, 2.45) is 5.16 Å². The average Bonchev–Trinajstić information content (AvgIpc) is 2.76. The van der Waals surface area contributed by atoms with Crippen molar-refractivity contribution < 1.29 is 14.5 Å². The molecule has 0 radical (unpaired) electrons. The number of halogens is 1. The molecule has 3 aromatic carbocycles. The molecule has 0 unspecified atom stereocenters. The van der Waals surface area contributed by atoms with E-state index in [4.69, 9.17) is 14.8 Å². The van der Waals surface area contributed by atoms with Crippen LogP contribution >= 0.6 is 22.6 Å². The molecule has 3 rings (SSSR count). The molecule has 0 bridgehead atoms. The van der Waals surface area contributed by atoms with Crippen LogP contribution in [0.3, 0.4) is 0 Å². The molecule has 7 nitrogen and oxygen atoms in total. The maximum Gasteiger partial charge on any atom is 0.269 e. The van der Waals surface area contributed by atoms with Crippen LogP contribution in [0.15, 0.2) is 71.9 Å². The van der Waals surface area contributed by atoms with Crippen LogP contribution in [0.5, 0.6) is 5.75 Å². The molecule has 0 fully saturated rings. The number of hydrogen-bond acceptors (Lipinski definition) is 6. The molecule has 0 amide bonds. The molecule has 0 aliphatic carbocycles. The molecule has 30 heavy (non-hydrogen) atoms. The Morgan fingerprint density at radius 1 is 1.10 bits per heavy atom. The average molecular weight is 513 g/mol. The minimum Gasteiger partial charge on any atom is -0.488 e. The van der Waals surface area contributed by atoms with Crippen LogP contribution < -0.4 is 4.74 Å². The van der Waals surface area contributed by atoms with Crippen molar-refractivity contribution in [3.05, 3.63) is 103 Å². The second-order valence-corrected chi connectivity index (χ2v) is 7.34. The first kappa shape index (κ1) is 21.3. The molecule has 0 saturated heterocycles. The van der Waals surface area contributed by atoms with Gasteiger partial charge in [0.2, 0.25) is 0 Å². The largest absolute Gasteiger partial charge is 0.488 e. The highest BCUT2D eigenvalue weighted by molar-refractivity contribution is 14.1. The summed E-state index contributed by atoms with van der Waals surface area (Å²) < 4.78 is 6.66. The van der Waals surface area contributed by atoms with Crippen molar-refractivity contribution in [3.63, 3.8) is 0 Å². The SMILES string of the molecule is N#Cc1ccccc1CO/N=C\c1ccc(OCc2cccc([N+](=O)[O-])c2)c(I)c1. The normalized spacial score (nSPS) is 10.5. The number of ether oxygens (including phenoxy) is 1. The van der Waals surface area contributed by atoms with Crippen molar-refractivity contribution in [3.8, 4) is 11.8 Å². The molecular weight excluding hydrogens is 497 g/mol. The summed E-state index contributed by atoms with van der Waals surface area (Å²) in [7, 11) is 0. The summed E-state index contributed by atoms with van der Waals surface area (Å²) in [5.74, 6) is 0.670. The second-order valence-electron chi connectivity index (χ2n) is 6.18. The van der Waals surface area contributed by atoms with Gasteiger partial charge in [0.15, 0.2) is 0 Å². The molecule has 3 aromatic rings. The highest BCUT2D eigenvalue weighted by atomic mass is 127. The van der Waals surface area contributed by atoms with E-state index < -0.39 is 4.92 Å². The summed E-state index contributed by atoms with van der Waals surface area (Å²) in [6, 6.07) is 21.2. The van der Waals surface area contributed by atoms with Crippen LogP contribution in [0.4, 0.5) is 5.69 Å². The molecule has 0 aromatic heterocycles. The first-order valence-electron chi connectivity index (χ1n) is 8.86. The number of nitrogens with zero attached hydrogens (tertiary/aromatic N) is 3. The predicted octanol–water partition coefficient (Wildman–Crippen LogP) is 5.20. The number of nitro benzene ring substituents is 1. The fourth-order valence-corrected chi connectivity index (χ4v) is 3.29. The Morgan fingerprint density at radius 2 is 1.93 bits per heavy atom. The lowest BCUT2D eigenvalue weighted by Gasteiger charge is -2.09. The smallest absolute Gasteiger partial charge is 0.269 e. The fraction of sp³-hybridized carbons (Fsp3) is 0.0909. The Hall–Kier alpha value is -3.45. The van der Waals surface area contributed by atoms with Crippen LogP contribution in [0.25, 0.3) is 0 Å². The number of oxime groups is 1. The Morgan fingerprint density at radius 3 is 2.70 bits per heavy atom. The number of hydrogen-bond donors (Lipinski definition) is 0. The monoisotopic (exact) mass is 513 g/mol. The van der Waals surface area contributed by atoms with Gasteiger partial charge in [-0.2, -0.15) is 5.26 Å². The van der Waals surface area contributed by atoms with Gasteiger partial charge in [-0.15, -0.1) is 0 Å². The van der Waals surface area contributed by atoms with E-state index in [-0.39, 0.29) is 18.9 Å². The van der Waals surface area contributed by atoms with Gasteiger partial charge in [0, 0.05) is 17.7 Å². The molecule has 0 aliphatic heterocycles. The first-order chi connectivity index (χ1) is 14.6. The van der Waals surface area contributed by atoms with E-state index in [1.54, 1.807) is 30.5 Å². The van der Waals surface area contributed by atoms with Gasteiger partial charge in [0.1, 0.15) is 19.0 Å². The van der Waals surface area contributed by atoms with E-state index in [2.05, 4.69) is 33.8 Å². The lowest BCUT2D eigenvalue weighted by atomic mass is 10.1. The second kappa shape index (κ2) is 10.4. The summed E-state index contributed by atoms with van der Waals surface area (Å²) in [4.78, 5) is 15.7. The van der Waals surface area contributed by atoms with E-state index >= 15 is 0 Å². The van der Waals surface area contributed by atoms with Gasteiger partial charge in [-0.3, -0.25) is 10.1 Å². The van der Waals surface area contributed by atoms with Crippen molar-refractivity contribution in [2.45, 2.75) is 13.2 Å². The third kappa shape index (κ3) is 5.78. The molecule has 8 heteroatoms. The van der Waals surface area contributed by atoms with E-state index in [1.807, 2.05) is 30.3 Å². The van der Waals surface area contributed by atoms with Crippen molar-refractivity contribution in [1.82, 2.24) is 0 Å². The van der Waals surface area contributed by atoms with Gasteiger partial charge >= 0.3 is 0 Å². The Kier molecular flexibility index (Phi) is 7.34. The summed E-state index contributed by atoms with van der Waals surface area (Å²) in [6.07, 6.45) is 1.58. The zero-order valence-electron chi connectivity index (χ0n) is 15.7. The maximum absolute atomic E-state index is 10.9. The van der Waals surface area contributed by atoms with Crippen LogP contribution in [-0.2, 0) is 18.1 Å². The maximum atomic E-state index is 10.9. The number of nitriles is 1. The lowest BCUT2D eigenvalue weighted by molar-refractivity contribution is -0.384. The number of rotatable bonds is 8. The number of non-ortho nitro benzene ring substituents is 1. The van der Waals surface area contributed by atoms with Crippen LogP contribution in [0.2, 0.25) is 0 Å². The minimum atomic E-state index is -0.428. The molecule has 0 N–H and O–H groups in total. The van der Waals surface area contributed by atoms with Gasteiger partial charge in [0.05, 0.1) is 26.3 Å². The molecule has 0 saturated carbocycles. The Balaban J connectivity index is 1.57. The molecular formula is C22H16IN3O4. The van der Waals surface area contributed by atoms with Gasteiger partial charge in [-0.05, 0) is 58.0 Å². The minimum absolute atomic E-state index is 0.0368. The third-order valence-corrected chi connectivity index (χ3v) is 4.95. The Bertz CT molecular complexity index is 1130. The van der Waals surface area contributed by atoms with Crippen LogP contribution in [0.1, 0.15) is 22.3 Å². The highest BCUT2D eigenvalue weighted by Gasteiger charge is 2.07. The van der Waals surface area contributed by atoms with Crippen molar-refractivity contribution >= 4 is 34.5 Å². The first-order valence-corrected chi connectivity index (χ1v) is 9.93. The summed E-state index contributed by atoms with van der Waals surface area (Å²) in [5.41, 5.74) is 2.92. The van der Waals surface area contributed by atoms with Crippen LogP contribution in [0, 0.1) is 25.0 Å². The van der Waals surface area contributed by atoms with Gasteiger partial charge in [0.25, 0.3) is 5.69 Å². The molecule has 0 heterocycles. The fourth-order valence-electron chi connectivity index (χ4n) is 2.60. The van der Waals surface area contributed by atoms with Gasteiger partial charge < -0.3 is 9.57 Å². The quantitative estimate of drug-likeness (QED) is 0.179. The van der Waals surface area contributed by atoms with Crippen molar-refractivity contribution in [1.29, 1.82) is 5.26 Å². The lowest BCUT2D eigenvalue weighted by Crippen LogP contribution is -1.99.